The summed E-state index contributed by atoms with van der Waals surface area (Å²) in [6.45, 7) is 8.76. The fourth-order valence-corrected chi connectivity index (χ4v) is 7.17. The molecule has 3 aromatic rings. The van der Waals surface area contributed by atoms with Gasteiger partial charge in [-0.1, -0.05) is 45.4 Å². The second-order valence-electron chi connectivity index (χ2n) is 11.2. The predicted octanol–water partition coefficient (Wildman–Crippen LogP) is 5.10. The van der Waals surface area contributed by atoms with Gasteiger partial charge in [0.2, 0.25) is 10.0 Å². The van der Waals surface area contributed by atoms with Crippen LogP contribution in [0.4, 0.5) is 4.39 Å². The summed E-state index contributed by atoms with van der Waals surface area (Å²) in [4.78, 5) is 0.273. The van der Waals surface area contributed by atoms with E-state index in [4.69, 9.17) is 0 Å². The van der Waals surface area contributed by atoms with Crippen LogP contribution in [0, 0.1) is 11.2 Å². The highest BCUT2D eigenvalue weighted by atomic mass is 32.2. The molecule has 1 aliphatic carbocycles. The smallest absolute Gasteiger partial charge is 0.243 e. The van der Waals surface area contributed by atoms with Gasteiger partial charge in [-0.2, -0.15) is 9.40 Å². The van der Waals surface area contributed by atoms with E-state index in [0.717, 1.165) is 28.1 Å². The Morgan fingerprint density at radius 3 is 2.41 bits per heavy atom. The highest BCUT2D eigenvalue weighted by Crippen LogP contribution is 2.48. The Morgan fingerprint density at radius 1 is 1.11 bits per heavy atom. The summed E-state index contributed by atoms with van der Waals surface area (Å²) in [5.41, 5.74) is 3.90. The molecule has 0 saturated carbocycles. The van der Waals surface area contributed by atoms with E-state index in [-0.39, 0.29) is 22.7 Å². The fraction of sp³-hybridized carbons (Fsp3) is 0.414. The van der Waals surface area contributed by atoms with Crippen LogP contribution in [0.15, 0.2) is 65.2 Å². The maximum absolute atomic E-state index is 13.7. The van der Waals surface area contributed by atoms with Gasteiger partial charge in [0.15, 0.2) is 0 Å². The second-order valence-corrected chi connectivity index (χ2v) is 13.2. The van der Waals surface area contributed by atoms with E-state index in [9.17, 15) is 17.9 Å². The van der Waals surface area contributed by atoms with E-state index in [1.54, 1.807) is 35.1 Å². The van der Waals surface area contributed by atoms with Gasteiger partial charge in [0.05, 0.1) is 28.6 Å². The van der Waals surface area contributed by atoms with E-state index in [1.807, 2.05) is 19.1 Å². The molecule has 196 valence electrons. The number of aliphatic hydroxyl groups is 1. The molecule has 2 aromatic carbocycles. The molecule has 2 heterocycles. The van der Waals surface area contributed by atoms with Crippen LogP contribution in [0.25, 0.3) is 11.8 Å². The predicted molar refractivity (Wildman–Crippen MR) is 142 cm³/mol. The molecule has 6 nitrogen and oxygen atoms in total. The third-order valence-corrected chi connectivity index (χ3v) is 9.74. The average Bonchev–Trinajstić information content (AvgIpc) is 3.28. The maximum Gasteiger partial charge on any atom is 0.243 e. The summed E-state index contributed by atoms with van der Waals surface area (Å²) in [5, 5.41) is 15.8. The first-order valence-corrected chi connectivity index (χ1v) is 14.2. The van der Waals surface area contributed by atoms with Gasteiger partial charge < -0.3 is 5.11 Å². The van der Waals surface area contributed by atoms with E-state index >= 15 is 0 Å². The number of piperidine rings is 1. The number of rotatable bonds is 5. The number of sulfonamides is 1. The minimum Gasteiger partial charge on any atom is -0.392 e. The van der Waals surface area contributed by atoms with Gasteiger partial charge in [-0.25, -0.2) is 17.5 Å². The van der Waals surface area contributed by atoms with Crippen molar-refractivity contribution in [1.82, 2.24) is 14.1 Å². The van der Waals surface area contributed by atoms with E-state index in [1.165, 1.54) is 16.4 Å². The molecule has 1 saturated heterocycles. The minimum absolute atomic E-state index is 0.0689. The molecule has 0 bridgehead atoms. The molecule has 8 heteroatoms. The lowest BCUT2D eigenvalue weighted by molar-refractivity contribution is 0.0208. The molecule has 2 atom stereocenters. The Morgan fingerprint density at radius 2 is 1.78 bits per heavy atom. The summed E-state index contributed by atoms with van der Waals surface area (Å²) >= 11 is 0. The van der Waals surface area contributed by atoms with Gasteiger partial charge in [0, 0.05) is 18.5 Å². The largest absolute Gasteiger partial charge is 0.392 e. The highest BCUT2D eigenvalue weighted by Gasteiger charge is 2.49. The molecular weight excluding hydrogens is 489 g/mol. The van der Waals surface area contributed by atoms with E-state index in [0.29, 0.717) is 25.8 Å². The third kappa shape index (κ3) is 4.45. The Balaban J connectivity index is 1.50. The van der Waals surface area contributed by atoms with Crippen LogP contribution in [0.2, 0.25) is 0 Å². The normalized spacial score (nSPS) is 21.2. The SMILES string of the molecule is CCC(O)[C@]12Cc3cnn(-c4ccc(F)cc4)c3C=C1CCN(S(=O)(=O)c1ccc(C(C)(C)C)cc1)C2. The Labute approximate surface area is 218 Å². The lowest BCUT2D eigenvalue weighted by atomic mass is 9.65. The number of benzene rings is 2. The van der Waals surface area contributed by atoms with Crippen molar-refractivity contribution in [2.75, 3.05) is 13.1 Å². The number of halogens is 1. The molecule has 2 aliphatic rings. The molecule has 0 spiro atoms. The summed E-state index contributed by atoms with van der Waals surface area (Å²) in [7, 11) is -3.74. The van der Waals surface area contributed by atoms with E-state index < -0.39 is 21.5 Å². The summed E-state index contributed by atoms with van der Waals surface area (Å²) in [6, 6.07) is 13.3. The van der Waals surface area contributed by atoms with Crippen molar-refractivity contribution < 1.29 is 17.9 Å². The molecule has 1 unspecified atom stereocenters. The summed E-state index contributed by atoms with van der Waals surface area (Å²) in [5.74, 6) is -0.310. The standard InChI is InChI=1S/C29H34FN3O3S/c1-5-27(34)29-17-20-18-31-33(24-10-8-23(30)9-11-24)26(20)16-22(29)14-15-32(19-29)37(35,36)25-12-6-21(7-13-25)28(2,3)4/h6-13,16,18,27,34H,5,14-15,17,19H2,1-4H3/t27?,29-/m0/s1. The average molecular weight is 524 g/mol. The maximum atomic E-state index is 13.7. The molecular formula is C29H34FN3O3S. The van der Waals surface area contributed by atoms with Crippen LogP contribution in [-0.4, -0.2) is 46.8 Å². The van der Waals surface area contributed by atoms with E-state index in [2.05, 4.69) is 31.9 Å². The van der Waals surface area contributed by atoms with Crippen LogP contribution in [-0.2, 0) is 21.9 Å². The van der Waals surface area contributed by atoms with Gasteiger partial charge >= 0.3 is 0 Å². The quantitative estimate of drug-likeness (QED) is 0.505. The number of aromatic nitrogens is 2. The highest BCUT2D eigenvalue weighted by molar-refractivity contribution is 7.89. The minimum atomic E-state index is -3.74. The van der Waals surface area contributed by atoms with Gasteiger partial charge in [-0.3, -0.25) is 0 Å². The van der Waals surface area contributed by atoms with Gasteiger partial charge in [-0.15, -0.1) is 0 Å². The third-order valence-electron chi connectivity index (χ3n) is 7.89. The molecule has 0 amide bonds. The van der Waals surface area contributed by atoms with Crippen molar-refractivity contribution >= 4 is 16.1 Å². The second kappa shape index (κ2) is 9.19. The molecule has 1 aromatic heterocycles. The first-order chi connectivity index (χ1) is 17.5. The first kappa shape index (κ1) is 25.8. The fourth-order valence-electron chi connectivity index (χ4n) is 5.66. The topological polar surface area (TPSA) is 75.4 Å². The molecule has 0 radical (unpaired) electrons. The van der Waals surface area contributed by atoms with Crippen LogP contribution in [0.5, 0.6) is 0 Å². The molecule has 1 fully saturated rings. The lowest BCUT2D eigenvalue weighted by Gasteiger charge is -2.48. The van der Waals surface area contributed by atoms with Crippen LogP contribution >= 0.6 is 0 Å². The number of fused-ring (bicyclic) bond motifs is 2. The lowest BCUT2D eigenvalue weighted by Crippen LogP contribution is -2.54. The van der Waals surface area contributed by atoms with Crippen molar-refractivity contribution in [1.29, 1.82) is 0 Å². The van der Waals surface area contributed by atoms with Crippen molar-refractivity contribution in [3.8, 4) is 5.69 Å². The number of nitrogens with zero attached hydrogens (tertiary/aromatic N) is 3. The molecule has 5 rings (SSSR count). The zero-order valence-electron chi connectivity index (χ0n) is 21.8. The van der Waals surface area contributed by atoms with Gasteiger partial charge in [-0.05, 0) is 78.3 Å². The van der Waals surface area contributed by atoms with Gasteiger partial charge in [0.1, 0.15) is 5.82 Å². The first-order valence-electron chi connectivity index (χ1n) is 12.8. The monoisotopic (exact) mass is 523 g/mol. The van der Waals surface area contributed by atoms with Crippen LogP contribution < -0.4 is 0 Å². The zero-order valence-corrected chi connectivity index (χ0v) is 22.6. The zero-order chi connectivity index (χ0) is 26.6. The van der Waals surface area contributed by atoms with Crippen molar-refractivity contribution in [2.45, 2.75) is 63.4 Å². The number of hydrogen-bond donors (Lipinski definition) is 1. The van der Waals surface area contributed by atoms with Crippen LogP contribution in [0.3, 0.4) is 0 Å². The summed E-state index contributed by atoms with van der Waals surface area (Å²) in [6.07, 6.45) is 4.63. The van der Waals surface area contributed by atoms with Crippen molar-refractivity contribution in [3.63, 3.8) is 0 Å². The number of hydrogen-bond acceptors (Lipinski definition) is 4. The Bertz CT molecular complexity index is 1440. The van der Waals surface area contributed by atoms with Crippen molar-refractivity contribution in [2.24, 2.45) is 5.41 Å². The molecule has 1 aliphatic heterocycles. The Kier molecular flexibility index (Phi) is 6.41. The van der Waals surface area contributed by atoms with Gasteiger partial charge in [0.25, 0.3) is 0 Å². The number of aliphatic hydroxyl groups excluding tert-OH is 1. The van der Waals surface area contributed by atoms with Crippen LogP contribution in [0.1, 0.15) is 57.4 Å². The summed E-state index contributed by atoms with van der Waals surface area (Å²) < 4.78 is 44.2. The Hall–Kier alpha value is -2.81. The van der Waals surface area contributed by atoms with Crippen molar-refractivity contribution in [3.05, 3.63) is 82.9 Å². The molecule has 1 N–H and O–H groups in total. The molecule has 37 heavy (non-hydrogen) atoms.